The van der Waals surface area contributed by atoms with E-state index in [0.29, 0.717) is 0 Å². The van der Waals surface area contributed by atoms with E-state index in [1.807, 2.05) is 12.1 Å². The highest BCUT2D eigenvalue weighted by Gasteiger charge is 2.00. The van der Waals surface area contributed by atoms with Crippen LogP contribution in [0.5, 0.6) is 5.75 Å². The first-order chi connectivity index (χ1) is 8.38. The molecule has 0 amide bonds. The lowest BCUT2D eigenvalue weighted by atomic mass is 10.0. The van der Waals surface area contributed by atoms with Gasteiger partial charge in [0.25, 0.3) is 0 Å². The molecule has 0 radical (unpaired) electrons. The van der Waals surface area contributed by atoms with Gasteiger partial charge in [-0.25, -0.2) is 0 Å². The highest BCUT2D eigenvalue weighted by molar-refractivity contribution is 7.10. The van der Waals surface area contributed by atoms with Gasteiger partial charge in [-0.2, -0.15) is 0 Å². The van der Waals surface area contributed by atoms with Gasteiger partial charge in [-0.05, 0) is 24.5 Å². The summed E-state index contributed by atoms with van der Waals surface area (Å²) in [5.74, 6) is 1.00. The minimum absolute atomic E-state index is 1.00. The first kappa shape index (κ1) is 14.5. The fourth-order valence-electron chi connectivity index (χ4n) is 2.10. The summed E-state index contributed by atoms with van der Waals surface area (Å²) in [4.78, 5) is 0. The van der Waals surface area contributed by atoms with Gasteiger partial charge >= 0.3 is 0 Å². The van der Waals surface area contributed by atoms with Crippen molar-refractivity contribution >= 4 is 9.47 Å². The van der Waals surface area contributed by atoms with Crippen molar-refractivity contribution in [2.75, 3.05) is 0 Å². The van der Waals surface area contributed by atoms with E-state index in [4.69, 9.17) is 4.52 Å². The largest absolute Gasteiger partial charge is 0.480 e. The summed E-state index contributed by atoms with van der Waals surface area (Å²) in [6, 6.07) is 8.30. The molecular formula is C15H25OP. The Balaban J connectivity index is 2.13. The summed E-state index contributed by atoms with van der Waals surface area (Å²) in [5.41, 5.74) is 1.33. The second-order valence-corrected chi connectivity index (χ2v) is 4.83. The summed E-state index contributed by atoms with van der Waals surface area (Å²) >= 11 is 0. The molecule has 0 aliphatic heterocycles. The lowest BCUT2D eigenvalue weighted by molar-refractivity contribution is 0.581. The molecular weight excluding hydrogens is 227 g/mol. The third-order valence-corrected chi connectivity index (χ3v) is 3.40. The maximum absolute atomic E-state index is 5.27. The minimum atomic E-state index is 1.00. The molecule has 0 bridgehead atoms. The molecule has 0 fully saturated rings. The molecule has 1 aromatic carbocycles. The van der Waals surface area contributed by atoms with Crippen LogP contribution in [0.15, 0.2) is 24.3 Å². The van der Waals surface area contributed by atoms with Crippen molar-refractivity contribution in [2.45, 2.75) is 58.3 Å². The maximum Gasteiger partial charge on any atom is 0.125 e. The molecule has 0 aromatic heterocycles. The standard InChI is InChI=1S/C15H25OP/c1-2-3-4-5-6-7-8-11-14-12-9-10-13-15(14)16-17/h9-10,12-13H,2-8,11,17H2,1H3. The normalized spacial score (nSPS) is 10.5. The average molecular weight is 252 g/mol. The number of aryl methyl sites for hydroxylation is 1. The Morgan fingerprint density at radius 3 is 2.29 bits per heavy atom. The van der Waals surface area contributed by atoms with Crippen LogP contribution in [0.25, 0.3) is 0 Å². The topological polar surface area (TPSA) is 9.23 Å². The zero-order valence-corrected chi connectivity index (χ0v) is 12.1. The van der Waals surface area contributed by atoms with Gasteiger partial charge in [0.1, 0.15) is 5.75 Å². The number of hydrogen-bond acceptors (Lipinski definition) is 1. The average Bonchev–Trinajstić information content (AvgIpc) is 2.38. The van der Waals surface area contributed by atoms with E-state index < -0.39 is 0 Å². The number of hydrogen-bond donors (Lipinski definition) is 0. The van der Waals surface area contributed by atoms with Crippen LogP contribution in [0.2, 0.25) is 0 Å². The third-order valence-electron chi connectivity index (χ3n) is 3.15. The molecule has 0 aliphatic rings. The molecule has 1 unspecified atom stereocenters. The first-order valence-corrected chi connectivity index (χ1v) is 7.30. The lowest BCUT2D eigenvalue weighted by Gasteiger charge is -2.07. The van der Waals surface area contributed by atoms with E-state index in [0.717, 1.165) is 12.2 Å². The zero-order chi connectivity index (χ0) is 12.3. The quantitative estimate of drug-likeness (QED) is 0.436. The van der Waals surface area contributed by atoms with E-state index in [-0.39, 0.29) is 0 Å². The number of unbranched alkanes of at least 4 members (excludes halogenated alkanes) is 6. The molecule has 17 heavy (non-hydrogen) atoms. The third kappa shape index (κ3) is 6.07. The van der Waals surface area contributed by atoms with Crippen molar-refractivity contribution in [1.29, 1.82) is 0 Å². The van der Waals surface area contributed by atoms with Gasteiger partial charge in [-0.1, -0.05) is 63.6 Å². The second kappa shape index (κ2) is 9.48. The Labute approximate surface area is 108 Å². The number of benzene rings is 1. The molecule has 0 saturated heterocycles. The van der Waals surface area contributed by atoms with E-state index in [1.54, 1.807) is 0 Å². The van der Waals surface area contributed by atoms with Crippen molar-refractivity contribution in [3.63, 3.8) is 0 Å². The second-order valence-electron chi connectivity index (χ2n) is 4.60. The molecule has 0 aliphatic carbocycles. The highest BCUT2D eigenvalue weighted by atomic mass is 31.0. The smallest absolute Gasteiger partial charge is 0.125 e. The number of para-hydroxylation sites is 1. The zero-order valence-electron chi connectivity index (χ0n) is 11.0. The van der Waals surface area contributed by atoms with Crippen LogP contribution in [0.1, 0.15) is 57.4 Å². The van der Waals surface area contributed by atoms with Gasteiger partial charge in [-0.15, -0.1) is 0 Å². The van der Waals surface area contributed by atoms with E-state index in [9.17, 15) is 0 Å². The van der Waals surface area contributed by atoms with Crippen molar-refractivity contribution in [3.8, 4) is 5.75 Å². The van der Waals surface area contributed by atoms with Crippen molar-refractivity contribution < 1.29 is 4.52 Å². The molecule has 0 N–H and O–H groups in total. The fourth-order valence-corrected chi connectivity index (χ4v) is 2.33. The summed E-state index contributed by atoms with van der Waals surface area (Å²) in [6.45, 7) is 2.26. The Hall–Kier alpha value is -0.550. The maximum atomic E-state index is 5.27. The van der Waals surface area contributed by atoms with Gasteiger partial charge in [0.05, 0.1) is 9.47 Å². The summed E-state index contributed by atoms with van der Waals surface area (Å²) < 4.78 is 5.27. The van der Waals surface area contributed by atoms with Crippen molar-refractivity contribution in [1.82, 2.24) is 0 Å². The van der Waals surface area contributed by atoms with Gasteiger partial charge in [0.2, 0.25) is 0 Å². The molecule has 1 aromatic rings. The van der Waals surface area contributed by atoms with E-state index in [2.05, 4.69) is 28.5 Å². The summed E-state index contributed by atoms with van der Waals surface area (Å²) in [6.07, 6.45) is 10.7. The molecule has 1 rings (SSSR count). The Morgan fingerprint density at radius 1 is 0.941 bits per heavy atom. The van der Waals surface area contributed by atoms with Crippen LogP contribution in [-0.2, 0) is 6.42 Å². The minimum Gasteiger partial charge on any atom is -0.480 e. The van der Waals surface area contributed by atoms with Gasteiger partial charge < -0.3 is 4.52 Å². The van der Waals surface area contributed by atoms with Crippen LogP contribution in [-0.4, -0.2) is 0 Å². The monoisotopic (exact) mass is 252 g/mol. The Kier molecular flexibility index (Phi) is 8.09. The highest BCUT2D eigenvalue weighted by Crippen LogP contribution is 2.22. The Bertz CT molecular complexity index is 299. The van der Waals surface area contributed by atoms with Crippen LogP contribution in [0.4, 0.5) is 0 Å². The molecule has 0 spiro atoms. The molecule has 1 atom stereocenters. The summed E-state index contributed by atoms with van der Waals surface area (Å²) in [7, 11) is 2.33. The predicted molar refractivity (Wildman–Crippen MR) is 78.5 cm³/mol. The molecule has 0 saturated carbocycles. The fraction of sp³-hybridized carbons (Fsp3) is 0.600. The first-order valence-electron chi connectivity index (χ1n) is 6.83. The van der Waals surface area contributed by atoms with E-state index >= 15 is 0 Å². The molecule has 96 valence electrons. The van der Waals surface area contributed by atoms with Gasteiger partial charge in [-0.3, -0.25) is 0 Å². The predicted octanol–water partition coefficient (Wildman–Crippen LogP) is 5.15. The van der Waals surface area contributed by atoms with Crippen LogP contribution < -0.4 is 4.52 Å². The lowest BCUT2D eigenvalue weighted by Crippen LogP contribution is -1.89. The van der Waals surface area contributed by atoms with Crippen LogP contribution in [0.3, 0.4) is 0 Å². The summed E-state index contributed by atoms with van der Waals surface area (Å²) in [5, 5.41) is 0. The van der Waals surface area contributed by atoms with Gasteiger partial charge in [0.15, 0.2) is 0 Å². The molecule has 2 heteroatoms. The van der Waals surface area contributed by atoms with Crippen LogP contribution in [0, 0.1) is 0 Å². The van der Waals surface area contributed by atoms with Crippen molar-refractivity contribution in [2.24, 2.45) is 0 Å². The van der Waals surface area contributed by atoms with Gasteiger partial charge in [0, 0.05) is 0 Å². The SMILES string of the molecule is CCCCCCCCCc1ccccc1OP. The molecule has 1 nitrogen and oxygen atoms in total. The number of rotatable bonds is 9. The van der Waals surface area contributed by atoms with Crippen molar-refractivity contribution in [3.05, 3.63) is 29.8 Å². The Morgan fingerprint density at radius 2 is 1.59 bits per heavy atom. The van der Waals surface area contributed by atoms with E-state index in [1.165, 1.54) is 50.5 Å². The van der Waals surface area contributed by atoms with Crippen LogP contribution >= 0.6 is 9.47 Å². The molecule has 0 heterocycles.